The van der Waals surface area contributed by atoms with Gasteiger partial charge in [-0.1, -0.05) is 12.1 Å². The first-order valence-electron chi connectivity index (χ1n) is 9.08. The standard InChI is InChI=1S/C19H23F3N2O/c20-19(21,22)16-6-4-13(5-7-16)9-23-10-14-8-15(12-23)17-2-1-3-18(25)24(17)11-14/h4-7,14-15,17H,1-3,8-12H2/t14-,15-,17-/m0/s1. The fourth-order valence-corrected chi connectivity index (χ4v) is 4.90. The molecule has 0 aliphatic carbocycles. The monoisotopic (exact) mass is 352 g/mol. The first kappa shape index (κ1) is 16.9. The number of nitrogens with zero attached hydrogens (tertiary/aromatic N) is 2. The lowest BCUT2D eigenvalue weighted by Crippen LogP contribution is -2.60. The number of benzene rings is 1. The summed E-state index contributed by atoms with van der Waals surface area (Å²) in [7, 11) is 0. The van der Waals surface area contributed by atoms with Crippen LogP contribution in [0.4, 0.5) is 13.2 Å². The number of rotatable bonds is 2. The molecule has 1 aromatic rings. The summed E-state index contributed by atoms with van der Waals surface area (Å²) in [5.41, 5.74) is 0.327. The summed E-state index contributed by atoms with van der Waals surface area (Å²) in [5.74, 6) is 1.31. The van der Waals surface area contributed by atoms with Crippen molar-refractivity contribution in [2.75, 3.05) is 19.6 Å². The van der Waals surface area contributed by atoms with Crippen LogP contribution in [0, 0.1) is 11.8 Å². The molecule has 25 heavy (non-hydrogen) atoms. The van der Waals surface area contributed by atoms with E-state index in [-0.39, 0.29) is 0 Å². The number of carbonyl (C=O) groups excluding carboxylic acids is 1. The summed E-state index contributed by atoms with van der Waals surface area (Å²) < 4.78 is 38.0. The normalized spacial score (nSPS) is 30.3. The van der Waals surface area contributed by atoms with Gasteiger partial charge in [-0.15, -0.1) is 0 Å². The van der Waals surface area contributed by atoms with Crippen molar-refractivity contribution in [2.45, 2.75) is 44.4 Å². The second kappa shape index (κ2) is 6.31. The van der Waals surface area contributed by atoms with Crippen molar-refractivity contribution in [1.29, 1.82) is 0 Å². The van der Waals surface area contributed by atoms with E-state index in [0.29, 0.717) is 36.8 Å². The molecule has 0 spiro atoms. The van der Waals surface area contributed by atoms with Crippen molar-refractivity contribution in [3.05, 3.63) is 35.4 Å². The Labute approximate surface area is 145 Å². The fourth-order valence-electron chi connectivity index (χ4n) is 4.90. The Balaban J connectivity index is 1.43. The number of halogens is 3. The van der Waals surface area contributed by atoms with E-state index >= 15 is 0 Å². The van der Waals surface area contributed by atoms with Crippen LogP contribution >= 0.6 is 0 Å². The molecular formula is C19H23F3N2O. The van der Waals surface area contributed by atoms with Crippen LogP contribution in [0.2, 0.25) is 0 Å². The molecule has 0 radical (unpaired) electrons. The van der Waals surface area contributed by atoms with Crippen molar-refractivity contribution in [2.24, 2.45) is 11.8 Å². The zero-order valence-corrected chi connectivity index (χ0v) is 14.1. The zero-order valence-electron chi connectivity index (χ0n) is 14.1. The molecule has 0 unspecified atom stereocenters. The first-order chi connectivity index (χ1) is 11.9. The molecule has 2 bridgehead atoms. The minimum atomic E-state index is -4.28. The Morgan fingerprint density at radius 1 is 1.08 bits per heavy atom. The highest BCUT2D eigenvalue weighted by Crippen LogP contribution is 2.38. The summed E-state index contributed by atoms with van der Waals surface area (Å²) in [6, 6.07) is 5.88. The van der Waals surface area contributed by atoms with Gasteiger partial charge in [-0.25, -0.2) is 0 Å². The van der Waals surface area contributed by atoms with Crippen LogP contribution in [0.3, 0.4) is 0 Å². The molecule has 6 heteroatoms. The van der Waals surface area contributed by atoms with Crippen molar-refractivity contribution in [3.63, 3.8) is 0 Å². The highest BCUT2D eigenvalue weighted by Gasteiger charge is 2.43. The molecule has 0 aromatic heterocycles. The molecule has 3 nitrogen and oxygen atoms in total. The third-order valence-corrected chi connectivity index (χ3v) is 5.94. The summed E-state index contributed by atoms with van der Waals surface area (Å²) in [5, 5.41) is 0. The second-order valence-electron chi connectivity index (χ2n) is 7.76. The maximum absolute atomic E-state index is 12.7. The number of piperidine rings is 3. The Morgan fingerprint density at radius 2 is 1.84 bits per heavy atom. The van der Waals surface area contributed by atoms with E-state index in [1.54, 1.807) is 12.1 Å². The largest absolute Gasteiger partial charge is 0.416 e. The molecule has 3 saturated heterocycles. The fraction of sp³-hybridized carbons (Fsp3) is 0.632. The van der Waals surface area contributed by atoms with Gasteiger partial charge in [0.1, 0.15) is 0 Å². The first-order valence-corrected chi connectivity index (χ1v) is 9.08. The molecule has 136 valence electrons. The van der Waals surface area contributed by atoms with Crippen molar-refractivity contribution in [1.82, 2.24) is 9.80 Å². The molecule has 3 heterocycles. The molecule has 0 N–H and O–H groups in total. The van der Waals surface area contributed by atoms with Gasteiger partial charge in [-0.3, -0.25) is 9.69 Å². The Morgan fingerprint density at radius 3 is 2.56 bits per heavy atom. The van der Waals surface area contributed by atoms with Crippen LogP contribution in [-0.4, -0.2) is 41.4 Å². The lowest BCUT2D eigenvalue weighted by atomic mass is 9.76. The number of hydrogen-bond donors (Lipinski definition) is 0. The molecule has 3 aliphatic rings. The predicted octanol–water partition coefficient (Wildman–Crippen LogP) is 3.54. The third-order valence-electron chi connectivity index (χ3n) is 5.94. The van der Waals surface area contributed by atoms with Crippen LogP contribution in [0.5, 0.6) is 0 Å². The van der Waals surface area contributed by atoms with Gasteiger partial charge in [0.25, 0.3) is 0 Å². The summed E-state index contributed by atoms with van der Waals surface area (Å²) in [4.78, 5) is 16.6. The highest BCUT2D eigenvalue weighted by molar-refractivity contribution is 5.77. The van der Waals surface area contributed by atoms with Gasteiger partial charge >= 0.3 is 6.18 Å². The van der Waals surface area contributed by atoms with Gasteiger partial charge in [0, 0.05) is 38.6 Å². The number of carbonyl (C=O) groups is 1. The van der Waals surface area contributed by atoms with E-state index in [1.807, 2.05) is 0 Å². The number of alkyl halides is 3. The van der Waals surface area contributed by atoms with E-state index in [2.05, 4.69) is 9.80 Å². The molecule has 3 atom stereocenters. The molecule has 3 fully saturated rings. The van der Waals surface area contributed by atoms with Gasteiger partial charge in [0.15, 0.2) is 0 Å². The SMILES string of the molecule is O=C1CCC[C@H]2[C@H]3C[C@@H](CN(Cc4ccc(C(F)(F)F)cc4)C3)CN12. The van der Waals surface area contributed by atoms with Crippen LogP contribution < -0.4 is 0 Å². The Bertz CT molecular complexity index is 643. The van der Waals surface area contributed by atoms with E-state index < -0.39 is 11.7 Å². The van der Waals surface area contributed by atoms with Gasteiger partial charge in [-0.05, 0) is 48.8 Å². The quantitative estimate of drug-likeness (QED) is 0.813. The molecule has 3 aliphatic heterocycles. The van der Waals surface area contributed by atoms with Crippen molar-refractivity contribution < 1.29 is 18.0 Å². The van der Waals surface area contributed by atoms with E-state index in [9.17, 15) is 18.0 Å². The van der Waals surface area contributed by atoms with Gasteiger partial charge in [-0.2, -0.15) is 13.2 Å². The molecule has 1 aromatic carbocycles. The van der Waals surface area contributed by atoms with Gasteiger partial charge in [0.05, 0.1) is 5.56 Å². The second-order valence-corrected chi connectivity index (χ2v) is 7.76. The lowest BCUT2D eigenvalue weighted by molar-refractivity contribution is -0.145. The van der Waals surface area contributed by atoms with E-state index in [0.717, 1.165) is 38.0 Å². The minimum absolute atomic E-state index is 0.308. The van der Waals surface area contributed by atoms with E-state index in [1.165, 1.54) is 18.6 Å². The van der Waals surface area contributed by atoms with Gasteiger partial charge < -0.3 is 4.90 Å². The average Bonchev–Trinajstić information content (AvgIpc) is 2.55. The summed E-state index contributed by atoms with van der Waals surface area (Å²) >= 11 is 0. The topological polar surface area (TPSA) is 23.6 Å². The number of amides is 1. The van der Waals surface area contributed by atoms with Gasteiger partial charge in [0.2, 0.25) is 5.91 Å². The maximum atomic E-state index is 12.7. The van der Waals surface area contributed by atoms with Crippen molar-refractivity contribution >= 4 is 5.91 Å². The summed E-state index contributed by atoms with van der Waals surface area (Å²) in [6.45, 7) is 3.40. The Kier molecular flexibility index (Phi) is 4.26. The predicted molar refractivity (Wildman–Crippen MR) is 87.7 cm³/mol. The zero-order chi connectivity index (χ0) is 17.6. The van der Waals surface area contributed by atoms with E-state index in [4.69, 9.17) is 0 Å². The molecule has 4 rings (SSSR count). The lowest BCUT2D eigenvalue weighted by Gasteiger charge is -2.52. The molecular weight excluding hydrogens is 329 g/mol. The Hall–Kier alpha value is -1.56. The van der Waals surface area contributed by atoms with Crippen molar-refractivity contribution in [3.8, 4) is 0 Å². The summed E-state index contributed by atoms with van der Waals surface area (Å²) in [6.07, 6.45) is -0.335. The molecule has 0 saturated carbocycles. The highest BCUT2D eigenvalue weighted by atomic mass is 19.4. The minimum Gasteiger partial charge on any atom is -0.339 e. The van der Waals surface area contributed by atoms with Crippen LogP contribution in [0.25, 0.3) is 0 Å². The number of fused-ring (bicyclic) bond motifs is 4. The van der Waals surface area contributed by atoms with Crippen LogP contribution in [0.15, 0.2) is 24.3 Å². The maximum Gasteiger partial charge on any atom is 0.416 e. The average molecular weight is 352 g/mol. The molecule has 1 amide bonds. The van der Waals surface area contributed by atoms with Crippen LogP contribution in [0.1, 0.15) is 36.8 Å². The van der Waals surface area contributed by atoms with Crippen LogP contribution in [-0.2, 0) is 17.5 Å². The number of likely N-dealkylation sites (tertiary alicyclic amines) is 1. The smallest absolute Gasteiger partial charge is 0.339 e. The number of hydrogen-bond acceptors (Lipinski definition) is 2. The third kappa shape index (κ3) is 3.41.